The molecule has 5 rings (SSSR count). The van der Waals surface area contributed by atoms with Crippen molar-refractivity contribution in [3.8, 4) is 5.69 Å². The second-order valence-corrected chi connectivity index (χ2v) is 10.2. The topological polar surface area (TPSA) is 93.6 Å². The van der Waals surface area contributed by atoms with Crippen molar-refractivity contribution in [2.45, 2.75) is 20.8 Å². The van der Waals surface area contributed by atoms with Crippen LogP contribution in [0.3, 0.4) is 0 Å². The monoisotopic (exact) mass is 532 g/mol. The highest BCUT2D eigenvalue weighted by Gasteiger charge is 2.38. The minimum atomic E-state index is -0.461. The number of nitrogens with zero attached hydrogens (tertiary/aromatic N) is 5. The van der Waals surface area contributed by atoms with E-state index in [0.717, 1.165) is 17.3 Å². The number of fused-ring (bicyclic) bond motifs is 1. The first-order chi connectivity index (χ1) is 17.7. The van der Waals surface area contributed by atoms with Gasteiger partial charge in [-0.3, -0.25) is 28.4 Å². The van der Waals surface area contributed by atoms with Crippen LogP contribution in [-0.4, -0.2) is 35.5 Å². The van der Waals surface area contributed by atoms with E-state index < -0.39 is 5.91 Å². The van der Waals surface area contributed by atoms with Crippen LogP contribution in [0.4, 0.5) is 11.5 Å². The number of rotatable bonds is 5. The third kappa shape index (κ3) is 4.09. The van der Waals surface area contributed by atoms with Crippen LogP contribution in [0.2, 0.25) is 0 Å². The number of para-hydroxylation sites is 1. The van der Waals surface area contributed by atoms with Crippen molar-refractivity contribution in [2.75, 3.05) is 16.8 Å². The van der Waals surface area contributed by atoms with E-state index in [-0.39, 0.29) is 31.6 Å². The first-order valence-corrected chi connectivity index (χ1v) is 12.8. The van der Waals surface area contributed by atoms with Gasteiger partial charge in [0, 0.05) is 19.8 Å². The lowest BCUT2D eigenvalue weighted by Crippen LogP contribution is -2.33. The second kappa shape index (κ2) is 9.49. The number of aryl methyl sites for hydroxylation is 1. The van der Waals surface area contributed by atoms with Gasteiger partial charge < -0.3 is 5.32 Å². The van der Waals surface area contributed by atoms with E-state index in [4.69, 9.17) is 12.2 Å². The maximum absolute atomic E-state index is 13.6. The molecule has 11 heteroatoms. The van der Waals surface area contributed by atoms with E-state index in [1.807, 2.05) is 50.2 Å². The van der Waals surface area contributed by atoms with E-state index in [1.165, 1.54) is 20.1 Å². The van der Waals surface area contributed by atoms with Gasteiger partial charge in [0.15, 0.2) is 4.32 Å². The molecule has 9 nitrogen and oxygen atoms in total. The first kappa shape index (κ1) is 24.7. The summed E-state index contributed by atoms with van der Waals surface area (Å²) in [5.41, 5.74) is 2.42. The number of thioether (sulfide) groups is 1. The van der Waals surface area contributed by atoms with Crippen LogP contribution < -0.4 is 21.3 Å². The molecule has 37 heavy (non-hydrogen) atoms. The molecule has 0 bridgehead atoms. The summed E-state index contributed by atoms with van der Waals surface area (Å²) in [5, 5.41) is 3.12. The average molecular weight is 533 g/mol. The summed E-state index contributed by atoms with van der Waals surface area (Å²) >= 11 is 6.60. The Morgan fingerprint density at radius 1 is 1.05 bits per heavy atom. The zero-order valence-electron chi connectivity index (χ0n) is 20.7. The number of anilines is 2. The van der Waals surface area contributed by atoms with Gasteiger partial charge in [-0.2, -0.15) is 0 Å². The van der Waals surface area contributed by atoms with Gasteiger partial charge in [0.2, 0.25) is 0 Å². The summed E-state index contributed by atoms with van der Waals surface area (Å²) < 4.78 is 4.87. The highest BCUT2D eigenvalue weighted by Crippen LogP contribution is 2.36. The largest absolute Gasteiger partial charge is 0.370 e. The van der Waals surface area contributed by atoms with Crippen molar-refractivity contribution in [3.05, 3.63) is 91.1 Å². The highest BCUT2D eigenvalue weighted by molar-refractivity contribution is 8.27. The van der Waals surface area contributed by atoms with Crippen LogP contribution in [0.25, 0.3) is 17.4 Å². The molecule has 1 amide bonds. The summed E-state index contributed by atoms with van der Waals surface area (Å²) in [5.74, 6) is -0.0823. The fourth-order valence-electron chi connectivity index (χ4n) is 4.29. The predicted octanol–water partition coefficient (Wildman–Crippen LogP) is 3.64. The molecule has 3 aromatic heterocycles. The molecule has 4 aromatic rings. The third-order valence-electron chi connectivity index (χ3n) is 6.17. The van der Waals surface area contributed by atoms with Gasteiger partial charge >= 0.3 is 0 Å². The van der Waals surface area contributed by atoms with Crippen LogP contribution in [0.5, 0.6) is 0 Å². The van der Waals surface area contributed by atoms with E-state index in [1.54, 1.807) is 30.9 Å². The average Bonchev–Trinajstić information content (AvgIpc) is 3.27. The number of benzene rings is 1. The minimum Gasteiger partial charge on any atom is -0.370 e. The standard InChI is InChI=1S/C26H24N6O3S2/c1-5-27-22-18(23(33)30-14-15(2)11-12-20(30)28-22)13-19-24(34)31(26(36)37-19)21-16(3)29(4)32(25(21)35)17-9-7-6-8-10-17/h6-14,27H,5H2,1-4H3/b19-13+. The number of amides is 1. The molecule has 1 aromatic carbocycles. The second-order valence-electron chi connectivity index (χ2n) is 8.57. The van der Waals surface area contributed by atoms with Crippen LogP contribution in [0.1, 0.15) is 23.7 Å². The molecule has 1 N–H and O–H groups in total. The fraction of sp³-hybridized carbons (Fsp3) is 0.192. The smallest absolute Gasteiger partial charge is 0.296 e. The van der Waals surface area contributed by atoms with E-state index >= 15 is 0 Å². The minimum absolute atomic E-state index is 0.188. The molecule has 1 fully saturated rings. The third-order valence-corrected chi connectivity index (χ3v) is 7.47. The Hall–Kier alpha value is -3.96. The lowest BCUT2D eigenvalue weighted by molar-refractivity contribution is -0.113. The van der Waals surface area contributed by atoms with Gasteiger partial charge in [0.25, 0.3) is 17.0 Å². The Morgan fingerprint density at radius 3 is 2.49 bits per heavy atom. The lowest BCUT2D eigenvalue weighted by Gasteiger charge is -2.12. The molecule has 188 valence electrons. The summed E-state index contributed by atoms with van der Waals surface area (Å²) in [6.07, 6.45) is 3.22. The number of thiocarbonyl (C=S) groups is 1. The van der Waals surface area contributed by atoms with E-state index in [2.05, 4.69) is 10.3 Å². The van der Waals surface area contributed by atoms with Crippen molar-refractivity contribution in [2.24, 2.45) is 7.05 Å². The predicted molar refractivity (Wildman–Crippen MR) is 152 cm³/mol. The maximum atomic E-state index is 13.6. The number of carbonyl (C=O) groups excluding carboxylic acids is 1. The summed E-state index contributed by atoms with van der Waals surface area (Å²) in [6, 6.07) is 12.8. The first-order valence-electron chi connectivity index (χ1n) is 11.6. The van der Waals surface area contributed by atoms with E-state index in [0.29, 0.717) is 29.4 Å². The number of aromatic nitrogens is 4. The van der Waals surface area contributed by atoms with Crippen molar-refractivity contribution in [1.29, 1.82) is 0 Å². The van der Waals surface area contributed by atoms with Gasteiger partial charge in [-0.25, -0.2) is 9.67 Å². The molecular formula is C26H24N6O3S2. The van der Waals surface area contributed by atoms with Crippen molar-refractivity contribution < 1.29 is 4.79 Å². The van der Waals surface area contributed by atoms with Crippen LogP contribution in [0.15, 0.2) is 63.2 Å². The Labute approximate surface area is 222 Å². The number of nitrogens with one attached hydrogen (secondary N) is 1. The molecule has 0 aliphatic carbocycles. The Balaban J connectivity index is 1.63. The quantitative estimate of drug-likeness (QED) is 0.310. The molecule has 1 saturated heterocycles. The van der Waals surface area contributed by atoms with Crippen molar-refractivity contribution >= 4 is 57.4 Å². The number of pyridine rings is 1. The zero-order valence-corrected chi connectivity index (χ0v) is 22.3. The van der Waals surface area contributed by atoms with Gasteiger partial charge in [-0.1, -0.05) is 48.2 Å². The molecule has 1 aliphatic heterocycles. The van der Waals surface area contributed by atoms with Gasteiger partial charge in [-0.15, -0.1) is 0 Å². The molecule has 0 atom stereocenters. The lowest BCUT2D eigenvalue weighted by atomic mass is 10.2. The van der Waals surface area contributed by atoms with Gasteiger partial charge in [0.05, 0.1) is 21.8 Å². The number of carbonyl (C=O) groups is 1. The summed E-state index contributed by atoms with van der Waals surface area (Å²) in [7, 11) is 1.76. The Morgan fingerprint density at radius 2 is 1.78 bits per heavy atom. The SMILES string of the molecule is CCNc1nc2ccc(C)cn2c(=O)c1/C=C1/SC(=S)N(c2c(C)n(C)n(-c3ccccc3)c2=O)C1=O. The Kier molecular flexibility index (Phi) is 6.34. The normalized spacial score (nSPS) is 14.8. The fourth-order valence-corrected chi connectivity index (χ4v) is 5.55. The molecule has 0 unspecified atom stereocenters. The summed E-state index contributed by atoms with van der Waals surface area (Å²) in [4.78, 5) is 46.7. The molecular weight excluding hydrogens is 508 g/mol. The summed E-state index contributed by atoms with van der Waals surface area (Å²) in [6.45, 7) is 6.10. The van der Waals surface area contributed by atoms with Gasteiger partial charge in [0.1, 0.15) is 17.2 Å². The molecule has 0 saturated carbocycles. The van der Waals surface area contributed by atoms with E-state index in [9.17, 15) is 14.4 Å². The van der Waals surface area contributed by atoms with Gasteiger partial charge in [-0.05, 0) is 50.6 Å². The molecule has 0 spiro atoms. The van der Waals surface area contributed by atoms with Crippen molar-refractivity contribution in [1.82, 2.24) is 18.7 Å². The molecule has 0 radical (unpaired) electrons. The van der Waals surface area contributed by atoms with Crippen molar-refractivity contribution in [3.63, 3.8) is 0 Å². The maximum Gasteiger partial charge on any atom is 0.296 e. The zero-order chi connectivity index (χ0) is 26.4. The number of hydrogen-bond donors (Lipinski definition) is 1. The molecule has 4 heterocycles. The Bertz CT molecular complexity index is 1730. The van der Waals surface area contributed by atoms with Crippen LogP contribution >= 0.6 is 24.0 Å². The number of hydrogen-bond acceptors (Lipinski definition) is 7. The van der Waals surface area contributed by atoms with Crippen LogP contribution in [0, 0.1) is 13.8 Å². The molecule has 1 aliphatic rings. The highest BCUT2D eigenvalue weighted by atomic mass is 32.2. The van der Waals surface area contributed by atoms with Crippen LogP contribution in [-0.2, 0) is 11.8 Å².